The van der Waals surface area contributed by atoms with Crippen molar-refractivity contribution in [2.45, 2.75) is 12.8 Å². The topological polar surface area (TPSA) is 75.2 Å². The SMILES string of the molecule is CSCOC(=O)OCN1C(=O)Cc2cc(CCN3CCN(c4nsc5ccccc45)CC3)c(Cl)cc21. The third-order valence-corrected chi connectivity index (χ3v) is 8.04. The monoisotopic (exact) mass is 546 g/mol. The molecule has 0 spiro atoms. The van der Waals surface area contributed by atoms with E-state index < -0.39 is 6.16 Å². The van der Waals surface area contributed by atoms with Gasteiger partial charge in [-0.25, -0.2) is 4.79 Å². The number of fused-ring (bicyclic) bond motifs is 2. The quantitative estimate of drug-likeness (QED) is 0.299. The Bertz CT molecular complexity index is 1260. The van der Waals surface area contributed by atoms with Crippen molar-refractivity contribution in [3.63, 3.8) is 0 Å². The van der Waals surface area contributed by atoms with E-state index in [1.807, 2.05) is 12.3 Å². The Labute approximate surface area is 223 Å². The number of aromatic nitrogens is 1. The predicted molar refractivity (Wildman–Crippen MR) is 145 cm³/mol. The van der Waals surface area contributed by atoms with E-state index in [2.05, 4.69) is 34.1 Å². The van der Waals surface area contributed by atoms with Gasteiger partial charge in [-0.3, -0.25) is 14.6 Å². The van der Waals surface area contributed by atoms with Gasteiger partial charge in [-0.05, 0) is 53.5 Å². The van der Waals surface area contributed by atoms with Crippen molar-refractivity contribution in [2.24, 2.45) is 0 Å². The van der Waals surface area contributed by atoms with E-state index in [-0.39, 0.29) is 25.0 Å². The summed E-state index contributed by atoms with van der Waals surface area (Å²) in [6.45, 7) is 4.51. The van der Waals surface area contributed by atoms with Gasteiger partial charge in [0.2, 0.25) is 5.91 Å². The molecule has 0 aliphatic carbocycles. The standard InChI is InChI=1S/C25H27ClN4O4S2/c1-35-16-34-25(32)33-15-30-21-14-20(26)17(12-18(21)13-23(30)31)6-7-28-8-10-29(11-9-28)24-19-4-2-3-5-22(19)36-27-24/h2-5,12,14H,6-11,13,15-16H2,1H3. The maximum absolute atomic E-state index is 12.5. The molecule has 2 aromatic carbocycles. The highest BCUT2D eigenvalue weighted by molar-refractivity contribution is 7.98. The highest BCUT2D eigenvalue weighted by Crippen LogP contribution is 2.34. The zero-order valence-corrected chi connectivity index (χ0v) is 22.3. The Kier molecular flexibility index (Phi) is 7.85. The number of carbonyl (C=O) groups excluding carboxylic acids is 2. The van der Waals surface area contributed by atoms with E-state index in [4.69, 9.17) is 25.4 Å². The van der Waals surface area contributed by atoms with E-state index in [1.165, 1.54) is 26.7 Å². The number of benzene rings is 2. The summed E-state index contributed by atoms with van der Waals surface area (Å²) >= 11 is 9.53. The number of carbonyl (C=O) groups is 2. The summed E-state index contributed by atoms with van der Waals surface area (Å²) < 4.78 is 15.9. The van der Waals surface area contributed by atoms with Crippen molar-refractivity contribution in [1.82, 2.24) is 9.27 Å². The summed E-state index contributed by atoms with van der Waals surface area (Å²) in [6, 6.07) is 12.2. The van der Waals surface area contributed by atoms with Gasteiger partial charge < -0.3 is 14.4 Å². The van der Waals surface area contributed by atoms with Crippen molar-refractivity contribution in [2.75, 3.05) is 61.4 Å². The van der Waals surface area contributed by atoms with Crippen LogP contribution < -0.4 is 9.80 Å². The minimum atomic E-state index is -0.795. The Morgan fingerprint density at radius 1 is 1.17 bits per heavy atom. The van der Waals surface area contributed by atoms with Crippen LogP contribution in [0.2, 0.25) is 5.02 Å². The highest BCUT2D eigenvalue weighted by Gasteiger charge is 2.30. The number of ether oxygens (including phenoxy) is 2. The zero-order valence-electron chi connectivity index (χ0n) is 19.9. The van der Waals surface area contributed by atoms with Crippen LogP contribution in [0.15, 0.2) is 36.4 Å². The molecule has 11 heteroatoms. The molecular weight excluding hydrogens is 520 g/mol. The van der Waals surface area contributed by atoms with E-state index in [9.17, 15) is 9.59 Å². The first-order chi connectivity index (χ1) is 17.5. The number of halogens is 1. The van der Waals surface area contributed by atoms with Gasteiger partial charge in [-0.1, -0.05) is 29.8 Å². The Morgan fingerprint density at radius 3 is 2.78 bits per heavy atom. The number of anilines is 2. The minimum Gasteiger partial charge on any atom is -0.423 e. The second-order valence-electron chi connectivity index (χ2n) is 8.73. The number of hydrogen-bond acceptors (Lipinski definition) is 9. The number of rotatable bonds is 8. The van der Waals surface area contributed by atoms with E-state index in [1.54, 1.807) is 17.6 Å². The van der Waals surface area contributed by atoms with Gasteiger partial charge in [0.15, 0.2) is 6.73 Å². The molecule has 1 amide bonds. The van der Waals surface area contributed by atoms with Crippen molar-refractivity contribution in [1.29, 1.82) is 0 Å². The van der Waals surface area contributed by atoms with Crippen molar-refractivity contribution >= 4 is 68.5 Å². The molecule has 1 saturated heterocycles. The van der Waals surface area contributed by atoms with Crippen molar-refractivity contribution in [3.05, 3.63) is 52.5 Å². The largest absolute Gasteiger partial charge is 0.510 e. The van der Waals surface area contributed by atoms with Crippen LogP contribution in [0.1, 0.15) is 11.1 Å². The van der Waals surface area contributed by atoms with Crippen LogP contribution in [0.25, 0.3) is 10.1 Å². The lowest BCUT2D eigenvalue weighted by Gasteiger charge is -2.35. The molecule has 0 N–H and O–H groups in total. The fraction of sp³-hybridized carbons (Fsp3) is 0.400. The molecule has 8 nitrogen and oxygen atoms in total. The third kappa shape index (κ3) is 5.41. The fourth-order valence-corrected chi connectivity index (χ4v) is 5.87. The van der Waals surface area contributed by atoms with Gasteiger partial charge in [0.05, 0.1) is 16.8 Å². The molecule has 0 unspecified atom stereocenters. The van der Waals surface area contributed by atoms with Gasteiger partial charge in [0.1, 0.15) is 11.8 Å². The lowest BCUT2D eigenvalue weighted by atomic mass is 10.1. The molecular formula is C25H27ClN4O4S2. The molecule has 2 aliphatic rings. The van der Waals surface area contributed by atoms with Crippen LogP contribution in [0.5, 0.6) is 0 Å². The van der Waals surface area contributed by atoms with E-state index in [0.29, 0.717) is 10.7 Å². The second kappa shape index (κ2) is 11.2. The molecule has 1 fully saturated rings. The molecule has 2 aliphatic heterocycles. The summed E-state index contributed by atoms with van der Waals surface area (Å²) in [5, 5.41) is 1.85. The van der Waals surface area contributed by atoms with Gasteiger partial charge in [0.25, 0.3) is 0 Å². The Hall–Kier alpha value is -2.53. The van der Waals surface area contributed by atoms with Crippen LogP contribution in [0, 0.1) is 0 Å². The van der Waals surface area contributed by atoms with Crippen LogP contribution >= 0.6 is 34.9 Å². The van der Waals surface area contributed by atoms with Crippen LogP contribution in [-0.2, 0) is 27.1 Å². The zero-order chi connectivity index (χ0) is 25.1. The molecule has 0 bridgehead atoms. The van der Waals surface area contributed by atoms with E-state index >= 15 is 0 Å². The molecule has 0 radical (unpaired) electrons. The number of amides is 1. The number of thioether (sulfide) groups is 1. The number of piperazine rings is 1. The first-order valence-electron chi connectivity index (χ1n) is 11.8. The summed E-state index contributed by atoms with van der Waals surface area (Å²) in [6.07, 6.45) is 2.09. The molecule has 5 rings (SSSR count). The highest BCUT2D eigenvalue weighted by atomic mass is 35.5. The second-order valence-corrected chi connectivity index (χ2v) is 10.8. The molecule has 0 atom stereocenters. The maximum Gasteiger partial charge on any atom is 0.510 e. The van der Waals surface area contributed by atoms with Gasteiger partial charge in [0, 0.05) is 43.1 Å². The first-order valence-corrected chi connectivity index (χ1v) is 14.3. The van der Waals surface area contributed by atoms with Gasteiger partial charge >= 0.3 is 6.16 Å². The molecule has 0 saturated carbocycles. The first kappa shape index (κ1) is 25.1. The van der Waals surface area contributed by atoms with Crippen molar-refractivity contribution < 1.29 is 19.1 Å². The van der Waals surface area contributed by atoms with E-state index in [0.717, 1.165) is 56.1 Å². The summed E-state index contributed by atoms with van der Waals surface area (Å²) in [7, 11) is 0. The van der Waals surface area contributed by atoms with Crippen LogP contribution in [-0.4, -0.2) is 73.0 Å². The summed E-state index contributed by atoms with van der Waals surface area (Å²) in [4.78, 5) is 30.4. The van der Waals surface area contributed by atoms with Gasteiger partial charge in [-0.15, -0.1) is 11.8 Å². The summed E-state index contributed by atoms with van der Waals surface area (Å²) in [5.74, 6) is 1.17. The average molecular weight is 547 g/mol. The predicted octanol–water partition coefficient (Wildman–Crippen LogP) is 4.63. The Morgan fingerprint density at radius 2 is 1.97 bits per heavy atom. The summed E-state index contributed by atoms with van der Waals surface area (Å²) in [5.41, 5.74) is 2.62. The van der Waals surface area contributed by atoms with Crippen LogP contribution in [0.4, 0.5) is 16.3 Å². The number of hydrogen-bond donors (Lipinski definition) is 0. The molecule has 36 heavy (non-hydrogen) atoms. The smallest absolute Gasteiger partial charge is 0.423 e. The third-order valence-electron chi connectivity index (χ3n) is 6.51. The minimum absolute atomic E-state index is 0.124. The van der Waals surface area contributed by atoms with Gasteiger partial charge in [-0.2, -0.15) is 4.37 Å². The fourth-order valence-electron chi connectivity index (χ4n) is 4.61. The molecule has 190 valence electrons. The normalized spacial score (nSPS) is 16.0. The maximum atomic E-state index is 12.5. The van der Waals surface area contributed by atoms with Crippen molar-refractivity contribution in [3.8, 4) is 0 Å². The average Bonchev–Trinajstić information content (AvgIpc) is 3.45. The molecule has 3 heterocycles. The Balaban J connectivity index is 1.16. The lowest BCUT2D eigenvalue weighted by Crippen LogP contribution is -2.47. The molecule has 1 aromatic heterocycles. The lowest BCUT2D eigenvalue weighted by molar-refractivity contribution is -0.118. The number of nitrogens with zero attached hydrogens (tertiary/aromatic N) is 4. The van der Waals surface area contributed by atoms with Crippen LogP contribution in [0.3, 0.4) is 0 Å². The molecule has 3 aromatic rings.